The Bertz CT molecular complexity index is 724. The molecule has 0 amide bonds. The molecule has 3 aromatic rings. The van der Waals surface area contributed by atoms with Crippen molar-refractivity contribution < 1.29 is 13.9 Å². The summed E-state index contributed by atoms with van der Waals surface area (Å²) in [6.45, 7) is 0. The van der Waals surface area contributed by atoms with E-state index in [4.69, 9.17) is 10.2 Å². The summed E-state index contributed by atoms with van der Waals surface area (Å²) in [7, 11) is 1.34. The van der Waals surface area contributed by atoms with Gasteiger partial charge in [0.1, 0.15) is 16.2 Å². The summed E-state index contributed by atoms with van der Waals surface area (Å²) in [5.41, 5.74) is 7.04. The summed E-state index contributed by atoms with van der Waals surface area (Å²) in [5, 5.41) is 1.02. The van der Waals surface area contributed by atoms with Gasteiger partial charge >= 0.3 is 5.97 Å². The van der Waals surface area contributed by atoms with Crippen molar-refractivity contribution in [2.75, 3.05) is 12.8 Å². The predicted octanol–water partition coefficient (Wildman–Crippen LogP) is 3.53. The van der Waals surface area contributed by atoms with Crippen LogP contribution in [0.15, 0.2) is 40.8 Å². The molecule has 0 saturated heterocycles. The van der Waals surface area contributed by atoms with Gasteiger partial charge in [0, 0.05) is 5.39 Å². The lowest BCUT2D eigenvalue weighted by Gasteiger charge is -1.94. The standard InChI is InChI=1S/C14H11NO3S/c1-17-14(16)13-9(15)7-12(19-13)11-6-8-4-2-3-5-10(8)18-11/h2-7H,15H2,1H3. The number of rotatable bonds is 2. The number of carbonyl (C=O) groups excluding carboxylic acids is 1. The number of fused-ring (bicyclic) bond motifs is 1. The first-order valence-corrected chi connectivity index (χ1v) is 6.47. The lowest BCUT2D eigenvalue weighted by atomic mass is 10.2. The number of carbonyl (C=O) groups is 1. The molecule has 19 heavy (non-hydrogen) atoms. The molecule has 4 nitrogen and oxygen atoms in total. The van der Waals surface area contributed by atoms with Crippen LogP contribution in [0.2, 0.25) is 0 Å². The number of furan rings is 1. The number of methoxy groups -OCH3 is 1. The van der Waals surface area contributed by atoms with E-state index in [-0.39, 0.29) is 0 Å². The van der Waals surface area contributed by atoms with Crippen LogP contribution < -0.4 is 5.73 Å². The molecule has 96 valence electrons. The van der Waals surface area contributed by atoms with Gasteiger partial charge in [-0.2, -0.15) is 0 Å². The van der Waals surface area contributed by atoms with E-state index in [0.29, 0.717) is 16.3 Å². The van der Waals surface area contributed by atoms with E-state index in [1.54, 1.807) is 6.07 Å². The molecule has 0 saturated carbocycles. The highest BCUT2D eigenvalue weighted by Gasteiger charge is 2.17. The normalized spacial score (nSPS) is 10.8. The minimum atomic E-state index is -0.426. The number of ether oxygens (including phenoxy) is 1. The molecule has 0 aliphatic carbocycles. The van der Waals surface area contributed by atoms with Crippen molar-refractivity contribution in [3.05, 3.63) is 41.3 Å². The smallest absolute Gasteiger partial charge is 0.350 e. The number of nitrogen functional groups attached to an aromatic ring is 1. The van der Waals surface area contributed by atoms with Gasteiger partial charge in [-0.3, -0.25) is 0 Å². The van der Waals surface area contributed by atoms with Gasteiger partial charge in [-0.05, 0) is 18.2 Å². The molecule has 0 atom stereocenters. The van der Waals surface area contributed by atoms with Crippen LogP contribution in [0.5, 0.6) is 0 Å². The fraction of sp³-hybridized carbons (Fsp3) is 0.0714. The van der Waals surface area contributed by atoms with Crippen LogP contribution in [0.25, 0.3) is 21.6 Å². The highest BCUT2D eigenvalue weighted by Crippen LogP contribution is 2.36. The Morgan fingerprint density at radius 3 is 2.84 bits per heavy atom. The van der Waals surface area contributed by atoms with Crippen LogP contribution in [-0.2, 0) is 4.74 Å². The first-order chi connectivity index (χ1) is 9.19. The second-order valence-electron chi connectivity index (χ2n) is 4.04. The van der Waals surface area contributed by atoms with Crippen LogP contribution in [0.4, 0.5) is 5.69 Å². The molecule has 2 heterocycles. The zero-order valence-corrected chi connectivity index (χ0v) is 11.0. The van der Waals surface area contributed by atoms with Crippen molar-refractivity contribution in [3.8, 4) is 10.6 Å². The Kier molecular flexibility index (Phi) is 2.76. The topological polar surface area (TPSA) is 65.5 Å². The SMILES string of the molecule is COC(=O)c1sc(-c2cc3ccccc3o2)cc1N. The van der Waals surface area contributed by atoms with Crippen LogP contribution in [0.1, 0.15) is 9.67 Å². The van der Waals surface area contributed by atoms with Crippen LogP contribution in [-0.4, -0.2) is 13.1 Å². The van der Waals surface area contributed by atoms with Gasteiger partial charge in [0.05, 0.1) is 17.7 Å². The maximum absolute atomic E-state index is 11.5. The van der Waals surface area contributed by atoms with Crippen LogP contribution in [0, 0.1) is 0 Å². The van der Waals surface area contributed by atoms with Crippen molar-refractivity contribution in [2.45, 2.75) is 0 Å². The molecule has 2 aromatic heterocycles. The lowest BCUT2D eigenvalue weighted by molar-refractivity contribution is 0.0607. The highest BCUT2D eigenvalue weighted by atomic mass is 32.1. The number of hydrogen-bond acceptors (Lipinski definition) is 5. The Labute approximate surface area is 113 Å². The van der Waals surface area contributed by atoms with Crippen molar-refractivity contribution in [2.24, 2.45) is 0 Å². The Hall–Kier alpha value is -2.27. The fourth-order valence-corrected chi connectivity index (χ4v) is 2.83. The van der Waals surface area contributed by atoms with E-state index in [1.165, 1.54) is 18.4 Å². The van der Waals surface area contributed by atoms with E-state index in [9.17, 15) is 4.79 Å². The monoisotopic (exact) mass is 273 g/mol. The number of hydrogen-bond donors (Lipinski definition) is 1. The van der Waals surface area contributed by atoms with Crippen molar-refractivity contribution in [1.82, 2.24) is 0 Å². The van der Waals surface area contributed by atoms with E-state index >= 15 is 0 Å². The van der Waals surface area contributed by atoms with E-state index in [0.717, 1.165) is 15.8 Å². The molecule has 1 aromatic carbocycles. The van der Waals surface area contributed by atoms with Gasteiger partial charge in [-0.1, -0.05) is 18.2 Å². The summed E-state index contributed by atoms with van der Waals surface area (Å²) in [5.74, 6) is 0.276. The summed E-state index contributed by atoms with van der Waals surface area (Å²) >= 11 is 1.27. The first kappa shape index (κ1) is 11.8. The molecule has 0 bridgehead atoms. The Balaban J connectivity index is 2.09. The second-order valence-corrected chi connectivity index (χ2v) is 5.09. The largest absolute Gasteiger partial charge is 0.465 e. The number of nitrogens with two attached hydrogens (primary N) is 1. The number of anilines is 1. The number of benzene rings is 1. The first-order valence-electron chi connectivity index (χ1n) is 5.65. The molecule has 0 aliphatic rings. The third-order valence-electron chi connectivity index (χ3n) is 2.80. The molecule has 0 fully saturated rings. The average molecular weight is 273 g/mol. The maximum Gasteiger partial charge on any atom is 0.350 e. The molecule has 0 radical (unpaired) electrons. The Morgan fingerprint density at radius 2 is 2.11 bits per heavy atom. The van der Waals surface area contributed by atoms with Gasteiger partial charge in [0.15, 0.2) is 0 Å². The average Bonchev–Trinajstić information content (AvgIpc) is 3.00. The fourth-order valence-electron chi connectivity index (χ4n) is 1.88. The van der Waals surface area contributed by atoms with Crippen LogP contribution in [0.3, 0.4) is 0 Å². The lowest BCUT2D eigenvalue weighted by Crippen LogP contribution is -2.00. The van der Waals surface area contributed by atoms with Gasteiger partial charge in [-0.25, -0.2) is 4.79 Å². The molecular weight excluding hydrogens is 262 g/mol. The molecule has 0 spiro atoms. The van der Waals surface area contributed by atoms with Crippen LogP contribution >= 0.6 is 11.3 Å². The van der Waals surface area contributed by atoms with Gasteiger partial charge in [-0.15, -0.1) is 11.3 Å². The third kappa shape index (κ3) is 1.98. The van der Waals surface area contributed by atoms with Gasteiger partial charge in [0.25, 0.3) is 0 Å². The van der Waals surface area contributed by atoms with E-state index < -0.39 is 5.97 Å². The van der Waals surface area contributed by atoms with Crippen molar-refractivity contribution in [1.29, 1.82) is 0 Å². The molecule has 0 aliphatic heterocycles. The van der Waals surface area contributed by atoms with E-state index in [2.05, 4.69) is 4.74 Å². The predicted molar refractivity (Wildman–Crippen MR) is 75.3 cm³/mol. The maximum atomic E-state index is 11.5. The summed E-state index contributed by atoms with van der Waals surface area (Å²) < 4.78 is 10.4. The van der Waals surface area contributed by atoms with E-state index in [1.807, 2.05) is 30.3 Å². The van der Waals surface area contributed by atoms with Gasteiger partial charge in [0.2, 0.25) is 0 Å². The highest BCUT2D eigenvalue weighted by molar-refractivity contribution is 7.17. The molecular formula is C14H11NO3S. The summed E-state index contributed by atoms with van der Waals surface area (Å²) in [4.78, 5) is 12.7. The summed E-state index contributed by atoms with van der Waals surface area (Å²) in [6, 6.07) is 11.4. The van der Waals surface area contributed by atoms with Crippen molar-refractivity contribution in [3.63, 3.8) is 0 Å². The van der Waals surface area contributed by atoms with Crippen molar-refractivity contribution >= 4 is 34.0 Å². The Morgan fingerprint density at radius 1 is 1.32 bits per heavy atom. The molecule has 3 rings (SSSR count). The minimum absolute atomic E-state index is 0.401. The number of para-hydroxylation sites is 1. The quantitative estimate of drug-likeness (QED) is 0.725. The molecule has 2 N–H and O–H groups in total. The zero-order valence-electron chi connectivity index (χ0n) is 10.2. The molecule has 0 unspecified atom stereocenters. The second kappa shape index (κ2) is 4.44. The third-order valence-corrected chi connectivity index (χ3v) is 3.95. The number of thiophene rings is 1. The zero-order chi connectivity index (χ0) is 13.4. The summed E-state index contributed by atoms with van der Waals surface area (Å²) in [6.07, 6.45) is 0. The van der Waals surface area contributed by atoms with Gasteiger partial charge < -0.3 is 14.9 Å². The number of esters is 1. The molecule has 5 heteroatoms. The minimum Gasteiger partial charge on any atom is -0.465 e.